The van der Waals surface area contributed by atoms with E-state index >= 15 is 0 Å². The van der Waals surface area contributed by atoms with Crippen LogP contribution in [0.4, 0.5) is 2.96 Å². The first-order valence-electron chi connectivity index (χ1n) is 1.83. The molecular weight excluding hydrogens is 79.3 g/mol. The van der Waals surface area contributed by atoms with Crippen molar-refractivity contribution in [2.24, 2.45) is 0 Å². The maximum absolute atomic E-state index is 11.3. The van der Waals surface area contributed by atoms with Crippen LogP contribution < -0.4 is 0 Å². The molecule has 0 saturated heterocycles. The van der Waals surface area contributed by atoms with Crippen LogP contribution in [0.1, 0.15) is 13.8 Å². The second-order valence-electron chi connectivity index (χ2n) is 1.55. The molecule has 0 aromatic heterocycles. The maximum atomic E-state index is 11.3. The third-order valence-electron chi connectivity index (χ3n) is 0.309. The van der Waals surface area contributed by atoms with Crippen molar-refractivity contribution in [1.29, 1.82) is 0 Å². The standard InChI is InChI=1S/C3H7.FH.Mg/c1-3-2;;/h3H,1-2H3;1H;/q;;+1/p-1. The van der Waals surface area contributed by atoms with Crippen LogP contribution in [0.3, 0.4) is 0 Å². The SMILES string of the molecule is C[CH](C)[Mg][F]. The van der Waals surface area contributed by atoms with Gasteiger partial charge in [-0.05, 0) is 0 Å². The Morgan fingerprint density at radius 1 is 1.60 bits per heavy atom. The smallest absolute Gasteiger partial charge is 0.486 e. The van der Waals surface area contributed by atoms with Gasteiger partial charge in [-0.15, -0.1) is 0 Å². The van der Waals surface area contributed by atoms with Crippen molar-refractivity contribution in [1.82, 2.24) is 0 Å². The zero-order valence-corrected chi connectivity index (χ0v) is 5.08. The van der Waals surface area contributed by atoms with Crippen LogP contribution in [0, 0.1) is 0 Å². The van der Waals surface area contributed by atoms with E-state index in [4.69, 9.17) is 0 Å². The summed E-state index contributed by atoms with van der Waals surface area (Å²) in [6, 6.07) is 0. The van der Waals surface area contributed by atoms with Gasteiger partial charge in [-0.2, -0.15) is 0 Å². The fourth-order valence-corrected chi connectivity index (χ4v) is 0. The van der Waals surface area contributed by atoms with Crippen molar-refractivity contribution in [3.8, 4) is 0 Å². The summed E-state index contributed by atoms with van der Waals surface area (Å²) in [6.07, 6.45) is 0. The minimum Gasteiger partial charge on any atom is -0.486 e. The first-order valence-corrected chi connectivity index (χ1v) is 3.18. The highest BCUT2D eigenvalue weighted by Gasteiger charge is 1.96. The van der Waals surface area contributed by atoms with E-state index in [9.17, 15) is 2.96 Å². The lowest BCUT2D eigenvalue weighted by Gasteiger charge is -1.83. The Labute approximate surface area is 42.2 Å². The van der Waals surface area contributed by atoms with E-state index in [0.717, 1.165) is 0 Å². The van der Waals surface area contributed by atoms with Gasteiger partial charge in [0.1, 0.15) is 0 Å². The number of halogens is 1. The van der Waals surface area contributed by atoms with Gasteiger partial charge in [-0.25, -0.2) is 0 Å². The summed E-state index contributed by atoms with van der Waals surface area (Å²) in [4.78, 5) is 0. The number of hydrogen-bond acceptors (Lipinski definition) is 0. The molecule has 0 saturated carbocycles. The molecule has 0 N–H and O–H groups in total. The first-order chi connectivity index (χ1) is 2.27. The van der Waals surface area contributed by atoms with Gasteiger partial charge in [-0.1, -0.05) is 17.9 Å². The van der Waals surface area contributed by atoms with Crippen LogP contribution in [0.5, 0.6) is 0 Å². The van der Waals surface area contributed by atoms with Gasteiger partial charge in [-0.3, -0.25) is 0 Å². The molecule has 0 fully saturated rings. The lowest BCUT2D eigenvalue weighted by Crippen LogP contribution is -1.82. The first kappa shape index (κ1) is 5.70. The number of rotatable bonds is 1. The molecule has 0 bridgehead atoms. The Hall–Kier alpha value is 0.696. The van der Waals surface area contributed by atoms with Crippen LogP contribution in [0.2, 0.25) is 4.05 Å². The summed E-state index contributed by atoms with van der Waals surface area (Å²) in [7, 11) is 0. The van der Waals surface area contributed by atoms with Gasteiger partial charge < -0.3 is 2.96 Å². The Bertz CT molecular complexity index is 20.9. The van der Waals surface area contributed by atoms with Crippen molar-refractivity contribution in [2.45, 2.75) is 17.9 Å². The topological polar surface area (TPSA) is 0 Å². The third kappa shape index (κ3) is 4.70. The second-order valence-corrected chi connectivity index (χ2v) is 3.49. The fourth-order valence-electron chi connectivity index (χ4n) is 0. The molecule has 0 aliphatic heterocycles. The fraction of sp³-hybridized carbons (Fsp3) is 1.00. The van der Waals surface area contributed by atoms with E-state index in [2.05, 4.69) is 0 Å². The summed E-state index contributed by atoms with van der Waals surface area (Å²) >= 11 is -1.15. The molecule has 0 radical (unpaired) electrons. The highest BCUT2D eigenvalue weighted by atomic mass is 24.6. The second kappa shape index (κ2) is 2.91. The average molecular weight is 86.4 g/mol. The van der Waals surface area contributed by atoms with E-state index in [1.807, 2.05) is 13.8 Å². The molecule has 5 heavy (non-hydrogen) atoms. The molecule has 2 heteroatoms. The van der Waals surface area contributed by atoms with Crippen LogP contribution >= 0.6 is 0 Å². The lowest BCUT2D eigenvalue weighted by molar-refractivity contribution is 0.820. The van der Waals surface area contributed by atoms with Crippen molar-refractivity contribution < 1.29 is 2.96 Å². The zero-order chi connectivity index (χ0) is 4.28. The minimum atomic E-state index is -1.15. The molecule has 0 atom stereocenters. The van der Waals surface area contributed by atoms with Crippen molar-refractivity contribution in [3.63, 3.8) is 0 Å². The minimum absolute atomic E-state index is 0.356. The molecule has 0 aliphatic carbocycles. The van der Waals surface area contributed by atoms with Gasteiger partial charge >= 0.3 is 20.9 Å². The van der Waals surface area contributed by atoms with Crippen LogP contribution in [-0.4, -0.2) is 20.9 Å². The molecule has 0 aromatic carbocycles. The monoisotopic (exact) mass is 86.0 g/mol. The molecular formula is C3H7FMg. The summed E-state index contributed by atoms with van der Waals surface area (Å²) in [5, 5.41) is 0. The highest BCUT2D eigenvalue weighted by Crippen LogP contribution is 1.94. The third-order valence-corrected chi connectivity index (χ3v) is 0.926. The summed E-state index contributed by atoms with van der Waals surface area (Å²) in [6.45, 7) is 3.82. The molecule has 0 unspecified atom stereocenters. The molecule has 0 rings (SSSR count). The molecule has 0 nitrogen and oxygen atoms in total. The Morgan fingerprint density at radius 2 is 1.80 bits per heavy atom. The van der Waals surface area contributed by atoms with Crippen molar-refractivity contribution in [3.05, 3.63) is 0 Å². The Kier molecular flexibility index (Phi) is 3.31. The predicted octanol–water partition coefficient (Wildman–Crippen LogP) is 1.40. The zero-order valence-electron chi connectivity index (χ0n) is 3.66. The molecule has 0 spiro atoms. The van der Waals surface area contributed by atoms with Gasteiger partial charge in [0.15, 0.2) is 0 Å². The summed E-state index contributed by atoms with van der Waals surface area (Å²) in [5.41, 5.74) is 0. The maximum Gasteiger partial charge on any atom is 0.617 e. The summed E-state index contributed by atoms with van der Waals surface area (Å²) < 4.78 is 11.6. The Morgan fingerprint density at radius 3 is 1.80 bits per heavy atom. The molecule has 0 aliphatic rings. The Balaban J connectivity index is 2.54. The predicted molar refractivity (Wildman–Crippen MR) is 22.0 cm³/mol. The van der Waals surface area contributed by atoms with Gasteiger partial charge in [0, 0.05) is 0 Å². The van der Waals surface area contributed by atoms with Crippen LogP contribution in [0.15, 0.2) is 0 Å². The highest BCUT2D eigenvalue weighted by molar-refractivity contribution is 6.28. The van der Waals surface area contributed by atoms with Crippen molar-refractivity contribution >= 4 is 20.9 Å². The van der Waals surface area contributed by atoms with E-state index in [1.165, 1.54) is 0 Å². The quantitative estimate of drug-likeness (QED) is 0.423. The van der Waals surface area contributed by atoms with Crippen LogP contribution in [-0.2, 0) is 0 Å². The molecule has 0 amide bonds. The van der Waals surface area contributed by atoms with E-state index in [0.29, 0.717) is 4.05 Å². The average Bonchev–Trinajstić information content (AvgIpc) is 1.38. The molecule has 28 valence electrons. The van der Waals surface area contributed by atoms with E-state index < -0.39 is 20.9 Å². The van der Waals surface area contributed by atoms with E-state index in [-0.39, 0.29) is 0 Å². The van der Waals surface area contributed by atoms with Crippen molar-refractivity contribution in [2.75, 3.05) is 0 Å². The molecule has 0 heterocycles. The van der Waals surface area contributed by atoms with Gasteiger partial charge in [0.05, 0.1) is 0 Å². The van der Waals surface area contributed by atoms with Gasteiger partial charge in [0.25, 0.3) is 0 Å². The lowest BCUT2D eigenvalue weighted by atomic mass is 10.6. The normalized spacial score (nSPS) is 8.00. The van der Waals surface area contributed by atoms with Gasteiger partial charge in [0.2, 0.25) is 0 Å². The largest absolute Gasteiger partial charge is 0.617 e. The molecule has 0 aromatic rings. The summed E-state index contributed by atoms with van der Waals surface area (Å²) in [5.74, 6) is 0. The van der Waals surface area contributed by atoms with Crippen LogP contribution in [0.25, 0.3) is 0 Å². The number of hydrogen-bond donors (Lipinski definition) is 0. The van der Waals surface area contributed by atoms with E-state index in [1.54, 1.807) is 0 Å².